The second-order valence-electron chi connectivity index (χ2n) is 3.02. The highest BCUT2D eigenvalue weighted by Gasteiger charge is 2.07. The second-order valence-corrected chi connectivity index (χ2v) is 3.45. The first-order valence-corrected chi connectivity index (χ1v) is 4.68. The Morgan fingerprint density at radius 1 is 1.33 bits per heavy atom. The van der Waals surface area contributed by atoms with Crippen molar-refractivity contribution in [2.75, 3.05) is 0 Å². The van der Waals surface area contributed by atoms with E-state index in [0.717, 1.165) is 0 Å². The summed E-state index contributed by atoms with van der Waals surface area (Å²) in [5.74, 6) is -0.418. The molecule has 2 nitrogen and oxygen atoms in total. The van der Waals surface area contributed by atoms with E-state index in [4.69, 9.17) is 11.6 Å². The molecular weight excluding hydrogens is 217 g/mol. The fourth-order valence-electron chi connectivity index (χ4n) is 1.38. The molecule has 0 saturated carbocycles. The summed E-state index contributed by atoms with van der Waals surface area (Å²) in [5, 5.41) is 0.428. The Labute approximate surface area is 90.9 Å². The fourth-order valence-corrected chi connectivity index (χ4v) is 1.55. The number of benzene rings is 1. The van der Waals surface area contributed by atoms with Gasteiger partial charge in [0.05, 0.1) is 11.4 Å². The van der Waals surface area contributed by atoms with Gasteiger partial charge in [-0.25, -0.2) is 4.39 Å². The topological polar surface area (TPSA) is 22.0 Å². The fraction of sp³-hybridized carbons (Fsp3) is 0. The molecule has 2 aromatic rings. The molecule has 0 atom stereocenters. The van der Waals surface area contributed by atoms with Crippen LogP contribution in [0.2, 0.25) is 5.02 Å². The summed E-state index contributed by atoms with van der Waals surface area (Å²) in [7, 11) is 0. The zero-order chi connectivity index (χ0) is 10.8. The van der Waals surface area contributed by atoms with Crippen molar-refractivity contribution in [3.8, 4) is 5.69 Å². The standard InChI is InChI=1S/C11H7ClFNO/c12-8-3-4-10(13)11(6-8)14-5-1-2-9(14)7-15/h1-7H. The number of aromatic nitrogens is 1. The minimum Gasteiger partial charge on any atom is -0.311 e. The van der Waals surface area contributed by atoms with Crippen LogP contribution < -0.4 is 0 Å². The number of rotatable bonds is 2. The van der Waals surface area contributed by atoms with Gasteiger partial charge in [0.2, 0.25) is 0 Å². The van der Waals surface area contributed by atoms with Crippen molar-refractivity contribution < 1.29 is 9.18 Å². The highest BCUT2D eigenvalue weighted by molar-refractivity contribution is 6.30. The van der Waals surface area contributed by atoms with Crippen LogP contribution in [0.5, 0.6) is 0 Å². The van der Waals surface area contributed by atoms with Crippen LogP contribution in [0.15, 0.2) is 36.5 Å². The Kier molecular flexibility index (Phi) is 2.56. The monoisotopic (exact) mass is 223 g/mol. The van der Waals surface area contributed by atoms with Gasteiger partial charge in [-0.2, -0.15) is 0 Å². The van der Waals surface area contributed by atoms with E-state index in [1.165, 1.54) is 22.8 Å². The molecule has 0 amide bonds. The first kappa shape index (κ1) is 9.93. The molecule has 0 bridgehead atoms. The molecule has 1 aromatic heterocycles. The van der Waals surface area contributed by atoms with Gasteiger partial charge in [0.1, 0.15) is 5.82 Å². The first-order valence-electron chi connectivity index (χ1n) is 4.30. The molecule has 4 heteroatoms. The summed E-state index contributed by atoms with van der Waals surface area (Å²) >= 11 is 5.76. The average Bonchev–Trinajstić information content (AvgIpc) is 2.69. The molecule has 0 saturated heterocycles. The van der Waals surface area contributed by atoms with Crippen molar-refractivity contribution in [3.63, 3.8) is 0 Å². The Bertz CT molecular complexity index is 507. The third-order valence-corrected chi connectivity index (χ3v) is 2.30. The van der Waals surface area contributed by atoms with E-state index in [2.05, 4.69) is 0 Å². The van der Waals surface area contributed by atoms with Crippen LogP contribution in [0.3, 0.4) is 0 Å². The zero-order valence-electron chi connectivity index (χ0n) is 7.65. The molecule has 0 N–H and O–H groups in total. The van der Waals surface area contributed by atoms with Crippen LogP contribution in [0.4, 0.5) is 4.39 Å². The van der Waals surface area contributed by atoms with Gasteiger partial charge in [0.25, 0.3) is 0 Å². The molecule has 15 heavy (non-hydrogen) atoms. The lowest BCUT2D eigenvalue weighted by Crippen LogP contribution is -2.00. The molecule has 0 aliphatic heterocycles. The number of carbonyl (C=O) groups is 1. The number of nitrogens with zero attached hydrogens (tertiary/aromatic N) is 1. The zero-order valence-corrected chi connectivity index (χ0v) is 8.41. The van der Waals surface area contributed by atoms with E-state index in [-0.39, 0.29) is 5.69 Å². The molecule has 1 heterocycles. The van der Waals surface area contributed by atoms with Crippen LogP contribution in [0, 0.1) is 5.82 Å². The highest BCUT2D eigenvalue weighted by Crippen LogP contribution is 2.20. The van der Waals surface area contributed by atoms with Crippen LogP contribution in [0.1, 0.15) is 10.5 Å². The predicted molar refractivity (Wildman–Crippen MR) is 56.1 cm³/mol. The average molecular weight is 224 g/mol. The summed E-state index contributed by atoms with van der Waals surface area (Å²) in [6, 6.07) is 7.48. The molecule has 76 valence electrons. The Morgan fingerprint density at radius 2 is 2.13 bits per heavy atom. The maximum Gasteiger partial charge on any atom is 0.166 e. The first-order chi connectivity index (χ1) is 7.22. The van der Waals surface area contributed by atoms with Crippen LogP contribution in [-0.4, -0.2) is 10.9 Å². The van der Waals surface area contributed by atoms with E-state index < -0.39 is 5.82 Å². The molecule has 0 spiro atoms. The quantitative estimate of drug-likeness (QED) is 0.717. The van der Waals surface area contributed by atoms with Gasteiger partial charge in [0, 0.05) is 11.2 Å². The molecule has 0 radical (unpaired) electrons. The minimum absolute atomic E-state index is 0.273. The summed E-state index contributed by atoms with van der Waals surface area (Å²) < 4.78 is 14.9. The Hall–Kier alpha value is -1.61. The van der Waals surface area contributed by atoms with Crippen molar-refractivity contribution >= 4 is 17.9 Å². The van der Waals surface area contributed by atoms with Gasteiger partial charge < -0.3 is 4.57 Å². The lowest BCUT2D eigenvalue weighted by molar-refractivity contribution is 0.111. The van der Waals surface area contributed by atoms with Crippen molar-refractivity contribution in [2.45, 2.75) is 0 Å². The number of hydrogen-bond acceptors (Lipinski definition) is 1. The Morgan fingerprint density at radius 3 is 2.87 bits per heavy atom. The molecular formula is C11H7ClFNO. The predicted octanol–water partition coefficient (Wildman–Crippen LogP) is 3.08. The largest absolute Gasteiger partial charge is 0.311 e. The smallest absolute Gasteiger partial charge is 0.166 e. The van der Waals surface area contributed by atoms with Crippen molar-refractivity contribution in [1.82, 2.24) is 4.57 Å². The highest BCUT2D eigenvalue weighted by atomic mass is 35.5. The van der Waals surface area contributed by atoms with E-state index in [9.17, 15) is 9.18 Å². The van der Waals surface area contributed by atoms with Crippen molar-refractivity contribution in [1.29, 1.82) is 0 Å². The van der Waals surface area contributed by atoms with E-state index in [0.29, 0.717) is 17.0 Å². The third-order valence-electron chi connectivity index (χ3n) is 2.07. The molecule has 0 fully saturated rings. The second kappa shape index (κ2) is 3.87. The normalized spacial score (nSPS) is 10.3. The lowest BCUT2D eigenvalue weighted by atomic mass is 10.3. The molecule has 2 rings (SSSR count). The van der Waals surface area contributed by atoms with Gasteiger partial charge in [-0.3, -0.25) is 4.79 Å². The van der Waals surface area contributed by atoms with Gasteiger partial charge in [-0.05, 0) is 30.3 Å². The number of aldehydes is 1. The molecule has 0 aliphatic rings. The van der Waals surface area contributed by atoms with Crippen molar-refractivity contribution in [2.24, 2.45) is 0 Å². The number of halogens is 2. The summed E-state index contributed by atoms with van der Waals surface area (Å²) in [6.07, 6.45) is 2.28. The van der Waals surface area contributed by atoms with E-state index in [1.807, 2.05) is 0 Å². The summed E-state index contributed by atoms with van der Waals surface area (Å²) in [5.41, 5.74) is 0.658. The number of hydrogen-bond donors (Lipinski definition) is 0. The maximum atomic E-state index is 13.5. The minimum atomic E-state index is -0.418. The lowest BCUT2D eigenvalue weighted by Gasteiger charge is -2.06. The van der Waals surface area contributed by atoms with E-state index in [1.54, 1.807) is 18.3 Å². The van der Waals surface area contributed by atoms with Crippen molar-refractivity contribution in [3.05, 3.63) is 53.1 Å². The summed E-state index contributed by atoms with van der Waals surface area (Å²) in [4.78, 5) is 10.7. The van der Waals surface area contributed by atoms with Crippen LogP contribution in [0.25, 0.3) is 5.69 Å². The van der Waals surface area contributed by atoms with Gasteiger partial charge in [0.15, 0.2) is 6.29 Å². The maximum absolute atomic E-state index is 13.5. The third kappa shape index (κ3) is 1.78. The van der Waals surface area contributed by atoms with Crippen LogP contribution >= 0.6 is 11.6 Å². The van der Waals surface area contributed by atoms with E-state index >= 15 is 0 Å². The Balaban J connectivity index is 2.62. The molecule has 1 aromatic carbocycles. The van der Waals surface area contributed by atoms with Gasteiger partial charge in [-0.15, -0.1) is 0 Å². The summed E-state index contributed by atoms with van der Waals surface area (Å²) in [6.45, 7) is 0. The molecule has 0 unspecified atom stereocenters. The molecule has 0 aliphatic carbocycles. The SMILES string of the molecule is O=Cc1cccn1-c1cc(Cl)ccc1F. The van der Waals surface area contributed by atoms with Gasteiger partial charge >= 0.3 is 0 Å². The van der Waals surface area contributed by atoms with Crippen LogP contribution in [-0.2, 0) is 0 Å². The number of carbonyl (C=O) groups excluding carboxylic acids is 1. The van der Waals surface area contributed by atoms with Gasteiger partial charge in [-0.1, -0.05) is 11.6 Å².